The first-order chi connectivity index (χ1) is 14.4. The molecule has 1 saturated heterocycles. The fraction of sp³-hybridized carbons (Fsp3) is 0.190. The van der Waals surface area contributed by atoms with Gasteiger partial charge in [-0.1, -0.05) is 59.3 Å². The number of thioether (sulfide) groups is 1. The van der Waals surface area contributed by atoms with Gasteiger partial charge in [-0.3, -0.25) is 14.5 Å². The van der Waals surface area contributed by atoms with Gasteiger partial charge in [-0.2, -0.15) is 0 Å². The molecule has 0 aliphatic carbocycles. The summed E-state index contributed by atoms with van der Waals surface area (Å²) < 4.78 is 5.69. The zero-order valence-corrected chi connectivity index (χ0v) is 19.1. The molecule has 30 heavy (non-hydrogen) atoms. The number of methoxy groups -OCH3 is 1. The van der Waals surface area contributed by atoms with Crippen LogP contribution in [0.2, 0.25) is 10.0 Å². The highest BCUT2D eigenvalue weighted by Gasteiger charge is 2.31. The predicted molar refractivity (Wildman–Crippen MR) is 127 cm³/mol. The first-order valence-electron chi connectivity index (χ1n) is 9.01. The molecule has 0 radical (unpaired) electrons. The number of amides is 2. The highest BCUT2D eigenvalue weighted by Crippen LogP contribution is 2.33. The van der Waals surface area contributed by atoms with Crippen LogP contribution in [0.5, 0.6) is 5.75 Å². The summed E-state index contributed by atoms with van der Waals surface area (Å²) in [5.74, 6) is 0.358. The van der Waals surface area contributed by atoms with Crippen molar-refractivity contribution in [2.45, 2.75) is 12.8 Å². The molecule has 3 rings (SSSR count). The standard InChI is InChI=1S/C21H18Cl2N2O3S2/c1-28-15-5-2-4-13(10-15)11-18-20(27)25(21(29)30-18)9-3-6-19(26)24-17-8-7-14(22)12-16(17)23/h2,4-5,7-8,10-12H,3,6,9H2,1H3,(H,24,26)/b18-11-. The molecule has 1 heterocycles. The lowest BCUT2D eigenvalue weighted by molar-refractivity contribution is -0.122. The van der Waals surface area contributed by atoms with E-state index in [-0.39, 0.29) is 18.2 Å². The van der Waals surface area contributed by atoms with Gasteiger partial charge in [0, 0.05) is 18.0 Å². The van der Waals surface area contributed by atoms with Gasteiger partial charge in [0.25, 0.3) is 5.91 Å². The van der Waals surface area contributed by atoms with E-state index in [1.165, 1.54) is 16.7 Å². The third-order valence-electron chi connectivity index (χ3n) is 4.26. The van der Waals surface area contributed by atoms with Crippen LogP contribution in [0.1, 0.15) is 18.4 Å². The van der Waals surface area contributed by atoms with Crippen molar-refractivity contribution in [2.24, 2.45) is 0 Å². The maximum Gasteiger partial charge on any atom is 0.266 e. The van der Waals surface area contributed by atoms with Crippen molar-refractivity contribution in [2.75, 3.05) is 19.0 Å². The SMILES string of the molecule is COc1cccc(/C=C2\SC(=S)N(CCCC(=O)Nc3ccc(Cl)cc3Cl)C2=O)c1. The van der Waals surface area contributed by atoms with Crippen molar-refractivity contribution in [3.63, 3.8) is 0 Å². The van der Waals surface area contributed by atoms with E-state index in [1.807, 2.05) is 24.3 Å². The van der Waals surface area contributed by atoms with Crippen LogP contribution in [0.4, 0.5) is 5.69 Å². The van der Waals surface area contributed by atoms with Crippen LogP contribution in [0.15, 0.2) is 47.4 Å². The Morgan fingerprint density at radius 1 is 1.27 bits per heavy atom. The number of thiocarbonyl (C=S) groups is 1. The first-order valence-corrected chi connectivity index (χ1v) is 11.0. The lowest BCUT2D eigenvalue weighted by Gasteiger charge is -2.14. The van der Waals surface area contributed by atoms with Crippen molar-refractivity contribution in [3.05, 3.63) is 63.0 Å². The summed E-state index contributed by atoms with van der Waals surface area (Å²) in [6.45, 7) is 0.363. The number of hydrogen-bond donors (Lipinski definition) is 1. The second kappa shape index (κ2) is 10.3. The molecular formula is C21H18Cl2N2O3S2. The molecule has 2 aromatic rings. The Bertz CT molecular complexity index is 1030. The molecule has 0 spiro atoms. The van der Waals surface area contributed by atoms with Crippen molar-refractivity contribution in [1.82, 2.24) is 4.90 Å². The quantitative estimate of drug-likeness (QED) is 0.411. The van der Waals surface area contributed by atoms with Gasteiger partial charge in [0.1, 0.15) is 10.1 Å². The zero-order valence-electron chi connectivity index (χ0n) is 16.0. The lowest BCUT2D eigenvalue weighted by Crippen LogP contribution is -2.29. The van der Waals surface area contributed by atoms with Gasteiger partial charge < -0.3 is 10.1 Å². The Morgan fingerprint density at radius 3 is 2.80 bits per heavy atom. The third kappa shape index (κ3) is 5.76. The van der Waals surface area contributed by atoms with Crippen LogP contribution < -0.4 is 10.1 Å². The second-order valence-electron chi connectivity index (χ2n) is 6.39. The highest BCUT2D eigenvalue weighted by molar-refractivity contribution is 8.26. The topological polar surface area (TPSA) is 58.6 Å². The number of nitrogens with zero attached hydrogens (tertiary/aromatic N) is 1. The Balaban J connectivity index is 1.55. The molecular weight excluding hydrogens is 463 g/mol. The maximum absolute atomic E-state index is 12.7. The summed E-state index contributed by atoms with van der Waals surface area (Å²) in [6.07, 6.45) is 2.48. The van der Waals surface area contributed by atoms with Crippen LogP contribution in [-0.2, 0) is 9.59 Å². The van der Waals surface area contributed by atoms with Gasteiger partial charge in [0.15, 0.2) is 0 Å². The fourth-order valence-corrected chi connectivity index (χ4v) is 4.54. The summed E-state index contributed by atoms with van der Waals surface area (Å²) in [7, 11) is 1.59. The minimum absolute atomic E-state index is 0.158. The number of nitrogens with one attached hydrogen (secondary N) is 1. The number of benzene rings is 2. The maximum atomic E-state index is 12.7. The molecule has 1 N–H and O–H groups in total. The highest BCUT2D eigenvalue weighted by atomic mass is 35.5. The molecule has 0 bridgehead atoms. The number of anilines is 1. The van der Waals surface area contributed by atoms with Crippen molar-refractivity contribution in [1.29, 1.82) is 0 Å². The van der Waals surface area contributed by atoms with Gasteiger partial charge in [0.2, 0.25) is 5.91 Å². The van der Waals surface area contributed by atoms with Crippen LogP contribution in [0.25, 0.3) is 6.08 Å². The van der Waals surface area contributed by atoms with Crippen molar-refractivity contribution < 1.29 is 14.3 Å². The smallest absolute Gasteiger partial charge is 0.266 e. The molecule has 0 aromatic heterocycles. The van der Waals surface area contributed by atoms with Crippen LogP contribution in [0.3, 0.4) is 0 Å². The van der Waals surface area contributed by atoms with Crippen LogP contribution >= 0.6 is 47.2 Å². The van der Waals surface area contributed by atoms with E-state index in [9.17, 15) is 9.59 Å². The van der Waals surface area contributed by atoms with Gasteiger partial charge in [-0.15, -0.1) is 0 Å². The summed E-state index contributed by atoms with van der Waals surface area (Å²) in [5.41, 5.74) is 1.35. The molecule has 2 aromatic carbocycles. The number of halogens is 2. The van der Waals surface area contributed by atoms with Crippen LogP contribution in [0, 0.1) is 0 Å². The fourth-order valence-electron chi connectivity index (χ4n) is 2.78. The van der Waals surface area contributed by atoms with Gasteiger partial charge >= 0.3 is 0 Å². The Hall–Kier alpha value is -2.06. The predicted octanol–water partition coefficient (Wildman–Crippen LogP) is 5.62. The normalized spacial score (nSPS) is 15.0. The number of ether oxygens (including phenoxy) is 1. The summed E-state index contributed by atoms with van der Waals surface area (Å²) >= 11 is 18.5. The average Bonchev–Trinajstić information content (AvgIpc) is 2.97. The van der Waals surface area contributed by atoms with Crippen molar-refractivity contribution >= 4 is 75.1 Å². The van der Waals surface area contributed by atoms with Gasteiger partial charge in [-0.25, -0.2) is 0 Å². The van der Waals surface area contributed by atoms with E-state index in [0.717, 1.165) is 5.56 Å². The average molecular weight is 481 g/mol. The van der Waals surface area contributed by atoms with Crippen molar-refractivity contribution in [3.8, 4) is 5.75 Å². The summed E-state index contributed by atoms with van der Waals surface area (Å²) in [5, 5.41) is 3.61. The number of hydrogen-bond acceptors (Lipinski definition) is 5. The molecule has 9 heteroatoms. The summed E-state index contributed by atoms with van der Waals surface area (Å²) in [6, 6.07) is 12.3. The molecule has 0 saturated carbocycles. The van der Waals surface area contributed by atoms with E-state index in [2.05, 4.69) is 5.32 Å². The molecule has 0 atom stereocenters. The molecule has 5 nitrogen and oxygen atoms in total. The largest absolute Gasteiger partial charge is 0.497 e. The van der Waals surface area contributed by atoms with E-state index in [4.69, 9.17) is 40.2 Å². The molecule has 1 aliphatic rings. The monoisotopic (exact) mass is 480 g/mol. The molecule has 0 unspecified atom stereocenters. The first kappa shape index (κ1) is 22.6. The minimum atomic E-state index is -0.198. The number of carbonyl (C=O) groups is 2. The molecule has 1 aliphatic heterocycles. The van der Waals surface area contributed by atoms with E-state index >= 15 is 0 Å². The van der Waals surface area contributed by atoms with Gasteiger partial charge in [0.05, 0.1) is 22.7 Å². The summed E-state index contributed by atoms with van der Waals surface area (Å²) in [4.78, 5) is 27.0. The second-order valence-corrected chi connectivity index (χ2v) is 8.91. The van der Waals surface area contributed by atoms with E-state index < -0.39 is 0 Å². The Kier molecular flexibility index (Phi) is 7.77. The Morgan fingerprint density at radius 2 is 2.07 bits per heavy atom. The van der Waals surface area contributed by atoms with E-state index in [1.54, 1.807) is 31.4 Å². The lowest BCUT2D eigenvalue weighted by atomic mass is 10.2. The molecule has 2 amide bonds. The Labute approximate surface area is 194 Å². The zero-order chi connectivity index (χ0) is 21.7. The van der Waals surface area contributed by atoms with E-state index in [0.29, 0.717) is 43.7 Å². The molecule has 1 fully saturated rings. The molecule has 156 valence electrons. The number of carbonyl (C=O) groups excluding carboxylic acids is 2. The van der Waals surface area contributed by atoms with Gasteiger partial charge in [-0.05, 0) is 48.4 Å². The minimum Gasteiger partial charge on any atom is -0.497 e. The number of rotatable bonds is 7. The third-order valence-corrected chi connectivity index (χ3v) is 6.18. The van der Waals surface area contributed by atoms with Crippen LogP contribution in [-0.4, -0.2) is 34.7 Å².